The van der Waals surface area contributed by atoms with Crippen molar-refractivity contribution in [3.63, 3.8) is 0 Å². The smallest absolute Gasteiger partial charge is 0.242 e. The number of nitrogens with zero attached hydrogens (tertiary/aromatic N) is 3. The Morgan fingerprint density at radius 3 is 2.58 bits per heavy atom. The molecule has 0 atom stereocenters. The van der Waals surface area contributed by atoms with E-state index in [1.54, 1.807) is 34.9 Å². The summed E-state index contributed by atoms with van der Waals surface area (Å²) in [6.45, 7) is 3.61. The lowest BCUT2D eigenvalue weighted by molar-refractivity contribution is -0.130. The molecule has 0 radical (unpaired) electrons. The van der Waals surface area contributed by atoms with E-state index in [4.69, 9.17) is 11.6 Å². The number of amides is 1. The molecular formula is C21H23ClN4O3S2. The number of hydrogen-bond acceptors (Lipinski definition) is 5. The topological polar surface area (TPSA) is 84.3 Å². The average Bonchev–Trinajstić information content (AvgIpc) is 3.48. The van der Waals surface area contributed by atoms with Gasteiger partial charge in [-0.3, -0.25) is 4.79 Å². The molecular weight excluding hydrogens is 456 g/mol. The molecule has 3 heterocycles. The number of halogens is 1. The zero-order valence-electron chi connectivity index (χ0n) is 17.0. The summed E-state index contributed by atoms with van der Waals surface area (Å²) in [5.41, 5.74) is 2.27. The molecule has 1 saturated heterocycles. The Morgan fingerprint density at radius 1 is 1.23 bits per heavy atom. The summed E-state index contributed by atoms with van der Waals surface area (Å²) < 4.78 is 30.2. The maximum absolute atomic E-state index is 13.0. The number of thiazole rings is 1. The van der Waals surface area contributed by atoms with Crippen molar-refractivity contribution in [2.45, 2.75) is 37.8 Å². The number of carbonyl (C=O) groups excluding carboxylic acids is 1. The number of aryl methyl sites for hydroxylation is 1. The first-order valence-electron chi connectivity index (χ1n) is 9.96. The van der Waals surface area contributed by atoms with E-state index in [1.165, 1.54) is 17.5 Å². The molecule has 4 rings (SSSR count). The summed E-state index contributed by atoms with van der Waals surface area (Å²) in [5.74, 6) is -0.0132. The van der Waals surface area contributed by atoms with Crippen LogP contribution in [0.1, 0.15) is 24.1 Å². The van der Waals surface area contributed by atoms with E-state index in [1.807, 2.05) is 17.2 Å². The van der Waals surface area contributed by atoms with Gasteiger partial charge in [-0.15, -0.1) is 11.3 Å². The largest absolute Gasteiger partial charge is 0.341 e. The van der Waals surface area contributed by atoms with Gasteiger partial charge in [-0.25, -0.2) is 18.1 Å². The maximum Gasteiger partial charge on any atom is 0.242 e. The van der Waals surface area contributed by atoms with Gasteiger partial charge in [0.15, 0.2) is 0 Å². The van der Waals surface area contributed by atoms with Crippen LogP contribution in [0.25, 0.3) is 10.7 Å². The third-order valence-corrected chi connectivity index (χ3v) is 7.77. The molecule has 0 saturated carbocycles. The van der Waals surface area contributed by atoms with Crippen molar-refractivity contribution in [2.75, 3.05) is 13.1 Å². The molecule has 0 aliphatic carbocycles. The highest BCUT2D eigenvalue weighted by Crippen LogP contribution is 2.28. The summed E-state index contributed by atoms with van der Waals surface area (Å²) in [6, 6.07) is 8.56. The van der Waals surface area contributed by atoms with Crippen LogP contribution in [0.3, 0.4) is 0 Å². The number of rotatable bonds is 7. The number of benzene rings is 1. The molecule has 3 aromatic rings. The van der Waals surface area contributed by atoms with Crippen LogP contribution >= 0.6 is 22.9 Å². The predicted molar refractivity (Wildman–Crippen MR) is 122 cm³/mol. The first-order valence-corrected chi connectivity index (χ1v) is 12.7. The van der Waals surface area contributed by atoms with Gasteiger partial charge in [0.05, 0.1) is 5.69 Å². The van der Waals surface area contributed by atoms with E-state index in [0.29, 0.717) is 15.7 Å². The number of aromatic nitrogens is 2. The Balaban J connectivity index is 1.60. The molecule has 0 unspecified atom stereocenters. The summed E-state index contributed by atoms with van der Waals surface area (Å²) in [5, 5.41) is 3.18. The molecule has 1 amide bonds. The van der Waals surface area contributed by atoms with E-state index < -0.39 is 10.0 Å². The molecule has 31 heavy (non-hydrogen) atoms. The van der Waals surface area contributed by atoms with Crippen LogP contribution < -0.4 is 4.72 Å². The third kappa shape index (κ3) is 5.17. The van der Waals surface area contributed by atoms with Gasteiger partial charge in [0.2, 0.25) is 15.9 Å². The molecule has 1 N–H and O–H groups in total. The van der Waals surface area contributed by atoms with E-state index >= 15 is 0 Å². The van der Waals surface area contributed by atoms with Crippen molar-refractivity contribution in [1.82, 2.24) is 19.2 Å². The van der Waals surface area contributed by atoms with Crippen LogP contribution in [0.5, 0.6) is 0 Å². The first kappa shape index (κ1) is 22.0. The minimum Gasteiger partial charge on any atom is -0.341 e. The second kappa shape index (κ2) is 9.12. The van der Waals surface area contributed by atoms with Gasteiger partial charge < -0.3 is 9.47 Å². The van der Waals surface area contributed by atoms with Gasteiger partial charge in [-0.05, 0) is 43.5 Å². The van der Waals surface area contributed by atoms with Crippen molar-refractivity contribution in [3.8, 4) is 10.7 Å². The monoisotopic (exact) mass is 478 g/mol. The van der Waals surface area contributed by atoms with Crippen molar-refractivity contribution >= 4 is 38.9 Å². The highest BCUT2D eigenvalue weighted by molar-refractivity contribution is 7.89. The average molecular weight is 479 g/mol. The molecule has 164 valence electrons. The van der Waals surface area contributed by atoms with Crippen LogP contribution in [0.2, 0.25) is 5.02 Å². The number of sulfonamides is 1. The van der Waals surface area contributed by atoms with Crippen LogP contribution in [0.4, 0.5) is 0 Å². The molecule has 1 aromatic carbocycles. The normalized spacial score (nSPS) is 14.3. The third-order valence-electron chi connectivity index (χ3n) is 5.16. The highest BCUT2D eigenvalue weighted by Gasteiger charge is 2.24. The minimum atomic E-state index is -3.78. The van der Waals surface area contributed by atoms with Gasteiger partial charge in [0, 0.05) is 41.9 Å². The maximum atomic E-state index is 13.0. The lowest BCUT2D eigenvalue weighted by atomic mass is 10.2. The number of likely N-dealkylation sites (tertiary alicyclic amines) is 1. The van der Waals surface area contributed by atoms with Crippen molar-refractivity contribution in [1.29, 1.82) is 0 Å². The lowest BCUT2D eigenvalue weighted by Crippen LogP contribution is -2.31. The van der Waals surface area contributed by atoms with Gasteiger partial charge in [0.25, 0.3) is 0 Å². The Labute approximate surface area is 190 Å². The highest BCUT2D eigenvalue weighted by atomic mass is 35.5. The van der Waals surface area contributed by atoms with Crippen LogP contribution in [0, 0.1) is 6.92 Å². The van der Waals surface area contributed by atoms with Crippen molar-refractivity contribution in [2.24, 2.45) is 0 Å². The second-order valence-electron chi connectivity index (χ2n) is 7.52. The molecule has 7 nitrogen and oxygen atoms in total. The summed E-state index contributed by atoms with van der Waals surface area (Å²) in [7, 11) is -3.78. The Morgan fingerprint density at radius 2 is 1.94 bits per heavy atom. The molecule has 2 aromatic heterocycles. The van der Waals surface area contributed by atoms with Crippen molar-refractivity contribution in [3.05, 3.63) is 58.2 Å². The van der Waals surface area contributed by atoms with E-state index in [2.05, 4.69) is 9.71 Å². The molecule has 0 bridgehead atoms. The Bertz CT molecular complexity index is 1180. The zero-order valence-corrected chi connectivity index (χ0v) is 19.4. The quantitative estimate of drug-likeness (QED) is 0.561. The molecule has 1 aliphatic heterocycles. The summed E-state index contributed by atoms with van der Waals surface area (Å²) >= 11 is 7.32. The lowest BCUT2D eigenvalue weighted by Gasteiger charge is -2.16. The fourth-order valence-electron chi connectivity index (χ4n) is 3.49. The fraction of sp³-hybridized carbons (Fsp3) is 0.333. The van der Waals surface area contributed by atoms with E-state index in [9.17, 15) is 13.2 Å². The van der Waals surface area contributed by atoms with Crippen LogP contribution in [-0.2, 0) is 27.9 Å². The Hall–Kier alpha value is -2.20. The summed E-state index contributed by atoms with van der Waals surface area (Å²) in [4.78, 5) is 19.1. The zero-order chi connectivity index (χ0) is 22.0. The molecule has 1 aliphatic rings. The fourth-order valence-corrected chi connectivity index (χ4v) is 5.50. The van der Waals surface area contributed by atoms with E-state index in [-0.39, 0.29) is 23.9 Å². The van der Waals surface area contributed by atoms with Gasteiger partial charge in [-0.2, -0.15) is 0 Å². The minimum absolute atomic E-state index is 0.0132. The molecule has 0 spiro atoms. The van der Waals surface area contributed by atoms with Crippen LogP contribution in [0.15, 0.2) is 46.8 Å². The van der Waals surface area contributed by atoms with Gasteiger partial charge in [-0.1, -0.05) is 23.7 Å². The van der Waals surface area contributed by atoms with Gasteiger partial charge >= 0.3 is 0 Å². The van der Waals surface area contributed by atoms with Gasteiger partial charge in [0.1, 0.15) is 16.4 Å². The summed E-state index contributed by atoms with van der Waals surface area (Å²) in [6.07, 6.45) is 3.53. The SMILES string of the molecule is Cc1csc(-c2cc(S(=O)(=O)NCc3ccc(Cl)cc3)cn2CC(=O)N2CCCC2)n1. The predicted octanol–water partition coefficient (Wildman–Crippen LogP) is 3.67. The number of carbonyl (C=O) groups is 1. The Kier molecular flexibility index (Phi) is 6.47. The molecule has 10 heteroatoms. The number of hydrogen-bond donors (Lipinski definition) is 1. The van der Waals surface area contributed by atoms with E-state index in [0.717, 1.165) is 37.2 Å². The first-order chi connectivity index (χ1) is 14.8. The number of nitrogens with one attached hydrogen (secondary N) is 1. The van der Waals surface area contributed by atoms with Crippen molar-refractivity contribution < 1.29 is 13.2 Å². The standard InChI is InChI=1S/C21H23ClN4O3S2/c1-15-14-30-21(24-15)19-10-18(12-26(19)13-20(27)25-8-2-3-9-25)31(28,29)23-11-16-4-6-17(22)7-5-16/h4-7,10,12,14,23H,2-3,8-9,11,13H2,1H3. The van der Waals surface area contributed by atoms with Crippen LogP contribution in [-0.4, -0.2) is 41.9 Å². The second-order valence-corrected chi connectivity index (χ2v) is 10.6. The molecule has 1 fully saturated rings.